The van der Waals surface area contributed by atoms with Crippen molar-refractivity contribution in [3.05, 3.63) is 35.9 Å². The lowest BCUT2D eigenvalue weighted by atomic mass is 10.0. The molecule has 4 nitrogen and oxygen atoms in total. The van der Waals surface area contributed by atoms with Crippen LogP contribution < -0.4 is 5.32 Å². The normalized spacial score (nSPS) is 16.9. The predicted octanol–water partition coefficient (Wildman–Crippen LogP) is 2.65. The summed E-state index contributed by atoms with van der Waals surface area (Å²) in [7, 11) is 0. The summed E-state index contributed by atoms with van der Waals surface area (Å²) in [5.41, 5.74) is 1.32. The summed E-state index contributed by atoms with van der Waals surface area (Å²) < 4.78 is 0. The summed E-state index contributed by atoms with van der Waals surface area (Å²) >= 11 is 1.68. The fourth-order valence-electron chi connectivity index (χ4n) is 2.81. The second-order valence-corrected chi connectivity index (χ2v) is 7.20. The number of hydrogen-bond acceptors (Lipinski definition) is 3. The maximum absolute atomic E-state index is 12.0. The molecule has 0 aliphatic carbocycles. The van der Waals surface area contributed by atoms with Crippen molar-refractivity contribution in [3.8, 4) is 0 Å². The number of piperidine rings is 1. The van der Waals surface area contributed by atoms with Crippen LogP contribution in [-0.4, -0.2) is 47.4 Å². The zero-order valence-corrected chi connectivity index (χ0v) is 14.8. The van der Waals surface area contributed by atoms with Crippen LogP contribution in [0.15, 0.2) is 30.3 Å². The molecule has 0 bridgehead atoms. The van der Waals surface area contributed by atoms with E-state index in [-0.39, 0.29) is 17.9 Å². The lowest BCUT2D eigenvalue weighted by Crippen LogP contribution is -2.46. The first-order chi connectivity index (χ1) is 11.1. The monoisotopic (exact) mass is 334 g/mol. The van der Waals surface area contributed by atoms with Gasteiger partial charge in [0.25, 0.3) is 0 Å². The van der Waals surface area contributed by atoms with Crippen molar-refractivity contribution in [2.75, 3.05) is 24.6 Å². The molecule has 0 unspecified atom stereocenters. The van der Waals surface area contributed by atoms with E-state index in [1.807, 2.05) is 11.0 Å². The number of carbonyl (C=O) groups is 2. The summed E-state index contributed by atoms with van der Waals surface area (Å²) in [5.74, 6) is 2.13. The van der Waals surface area contributed by atoms with Gasteiger partial charge in [-0.3, -0.25) is 9.59 Å². The number of benzene rings is 1. The number of nitrogens with one attached hydrogen (secondary N) is 1. The summed E-state index contributed by atoms with van der Waals surface area (Å²) in [4.78, 5) is 25.2. The Morgan fingerprint density at radius 3 is 2.52 bits per heavy atom. The van der Waals surface area contributed by atoms with Crippen molar-refractivity contribution >= 4 is 23.6 Å². The third kappa shape index (κ3) is 5.90. The van der Waals surface area contributed by atoms with Gasteiger partial charge in [-0.05, 0) is 24.3 Å². The molecule has 1 N–H and O–H groups in total. The average molecular weight is 334 g/mol. The average Bonchev–Trinajstić information content (AvgIpc) is 2.56. The van der Waals surface area contributed by atoms with Crippen LogP contribution in [0.1, 0.15) is 38.2 Å². The van der Waals surface area contributed by atoms with Crippen LogP contribution in [0.5, 0.6) is 0 Å². The molecular formula is C18H26N2O2S. The number of rotatable bonds is 6. The van der Waals surface area contributed by atoms with E-state index < -0.39 is 0 Å². The second kappa shape index (κ2) is 8.96. The van der Waals surface area contributed by atoms with Crippen LogP contribution in [0.4, 0.5) is 0 Å². The van der Waals surface area contributed by atoms with Crippen LogP contribution in [0.2, 0.25) is 0 Å². The standard InChI is InChI=1S/C18H26N2O2S/c1-14(16-6-4-3-5-7-16)12-23-13-18(22)19-17-8-10-20(11-9-17)15(2)21/h3-7,14,17H,8-13H2,1-2H3,(H,19,22)/t14-/m0/s1. The maximum Gasteiger partial charge on any atom is 0.230 e. The molecule has 0 saturated carbocycles. The molecule has 1 saturated heterocycles. The number of thioether (sulfide) groups is 1. The van der Waals surface area contributed by atoms with Crippen LogP contribution >= 0.6 is 11.8 Å². The lowest BCUT2D eigenvalue weighted by Gasteiger charge is -2.31. The molecule has 1 atom stereocenters. The van der Waals surface area contributed by atoms with E-state index in [0.29, 0.717) is 11.7 Å². The highest BCUT2D eigenvalue weighted by Crippen LogP contribution is 2.20. The van der Waals surface area contributed by atoms with E-state index in [1.54, 1.807) is 18.7 Å². The summed E-state index contributed by atoms with van der Waals surface area (Å²) in [5, 5.41) is 3.09. The van der Waals surface area contributed by atoms with E-state index in [9.17, 15) is 9.59 Å². The Hall–Kier alpha value is -1.49. The molecule has 0 radical (unpaired) electrons. The Morgan fingerprint density at radius 2 is 1.91 bits per heavy atom. The smallest absolute Gasteiger partial charge is 0.230 e. The molecule has 23 heavy (non-hydrogen) atoms. The van der Waals surface area contributed by atoms with Crippen molar-refractivity contribution in [2.24, 2.45) is 0 Å². The van der Waals surface area contributed by atoms with Crippen molar-refractivity contribution in [1.29, 1.82) is 0 Å². The molecule has 126 valence electrons. The van der Waals surface area contributed by atoms with E-state index in [2.05, 4.69) is 36.5 Å². The quantitative estimate of drug-likeness (QED) is 0.870. The van der Waals surface area contributed by atoms with E-state index in [1.165, 1.54) is 5.56 Å². The van der Waals surface area contributed by atoms with E-state index >= 15 is 0 Å². The minimum atomic E-state index is 0.108. The molecule has 1 aliphatic rings. The Bertz CT molecular complexity index is 513. The predicted molar refractivity (Wildman–Crippen MR) is 95.6 cm³/mol. The van der Waals surface area contributed by atoms with E-state index in [4.69, 9.17) is 0 Å². The third-order valence-corrected chi connectivity index (χ3v) is 5.48. The van der Waals surface area contributed by atoms with Crippen molar-refractivity contribution in [2.45, 2.75) is 38.6 Å². The first-order valence-electron chi connectivity index (χ1n) is 8.24. The molecule has 1 aromatic rings. The van der Waals surface area contributed by atoms with Crippen molar-refractivity contribution in [1.82, 2.24) is 10.2 Å². The van der Waals surface area contributed by atoms with Gasteiger partial charge < -0.3 is 10.2 Å². The largest absolute Gasteiger partial charge is 0.353 e. The van der Waals surface area contributed by atoms with Gasteiger partial charge in [-0.25, -0.2) is 0 Å². The first-order valence-corrected chi connectivity index (χ1v) is 9.39. The number of amides is 2. The molecular weight excluding hydrogens is 308 g/mol. The van der Waals surface area contributed by atoms with Crippen LogP contribution in [-0.2, 0) is 9.59 Å². The van der Waals surface area contributed by atoms with Gasteiger partial charge in [0.05, 0.1) is 5.75 Å². The Labute approximate surface area is 143 Å². The lowest BCUT2D eigenvalue weighted by molar-refractivity contribution is -0.130. The van der Waals surface area contributed by atoms with Gasteiger partial charge in [0.15, 0.2) is 0 Å². The summed E-state index contributed by atoms with van der Waals surface area (Å²) in [6.07, 6.45) is 1.72. The number of hydrogen-bond donors (Lipinski definition) is 1. The zero-order valence-electron chi connectivity index (χ0n) is 14.0. The highest BCUT2D eigenvalue weighted by Gasteiger charge is 2.21. The topological polar surface area (TPSA) is 49.4 Å². The fraction of sp³-hybridized carbons (Fsp3) is 0.556. The highest BCUT2D eigenvalue weighted by atomic mass is 32.2. The Morgan fingerprint density at radius 1 is 1.26 bits per heavy atom. The maximum atomic E-state index is 12.0. The fourth-order valence-corrected chi connectivity index (χ4v) is 3.75. The molecule has 1 heterocycles. The summed E-state index contributed by atoms with van der Waals surface area (Å²) in [6, 6.07) is 10.6. The van der Waals surface area contributed by atoms with Gasteiger partial charge in [-0.2, -0.15) is 11.8 Å². The molecule has 5 heteroatoms. The SMILES string of the molecule is CC(=O)N1CCC(NC(=O)CSC[C@H](C)c2ccccc2)CC1. The van der Waals surface area contributed by atoms with Crippen LogP contribution in [0.25, 0.3) is 0 Å². The van der Waals surface area contributed by atoms with Crippen molar-refractivity contribution in [3.63, 3.8) is 0 Å². The molecule has 0 aromatic heterocycles. The number of nitrogens with zero attached hydrogens (tertiary/aromatic N) is 1. The van der Waals surface area contributed by atoms with Crippen LogP contribution in [0, 0.1) is 0 Å². The van der Waals surface area contributed by atoms with Gasteiger partial charge in [0, 0.05) is 31.8 Å². The molecule has 1 aromatic carbocycles. The second-order valence-electron chi connectivity index (χ2n) is 6.17. The zero-order chi connectivity index (χ0) is 16.7. The van der Waals surface area contributed by atoms with Crippen molar-refractivity contribution < 1.29 is 9.59 Å². The minimum Gasteiger partial charge on any atom is -0.353 e. The minimum absolute atomic E-state index is 0.108. The first kappa shape index (κ1) is 17.9. The van der Waals surface area contributed by atoms with Gasteiger partial charge in [0.2, 0.25) is 11.8 Å². The van der Waals surface area contributed by atoms with Gasteiger partial charge >= 0.3 is 0 Å². The van der Waals surface area contributed by atoms with E-state index in [0.717, 1.165) is 31.7 Å². The molecule has 0 spiro atoms. The highest BCUT2D eigenvalue weighted by molar-refractivity contribution is 7.99. The Balaban J connectivity index is 1.63. The number of carbonyl (C=O) groups excluding carboxylic acids is 2. The van der Waals surface area contributed by atoms with Gasteiger partial charge in [0.1, 0.15) is 0 Å². The third-order valence-electron chi connectivity index (χ3n) is 4.28. The molecule has 1 fully saturated rings. The molecule has 2 rings (SSSR count). The Kier molecular flexibility index (Phi) is 6.96. The molecule has 2 amide bonds. The van der Waals surface area contributed by atoms with Gasteiger partial charge in [-0.1, -0.05) is 37.3 Å². The van der Waals surface area contributed by atoms with Crippen LogP contribution in [0.3, 0.4) is 0 Å². The summed E-state index contributed by atoms with van der Waals surface area (Å²) in [6.45, 7) is 5.29. The van der Waals surface area contributed by atoms with Gasteiger partial charge in [-0.15, -0.1) is 0 Å². The molecule has 1 aliphatic heterocycles. The number of likely N-dealkylation sites (tertiary alicyclic amines) is 1.